The molecule has 0 unspecified atom stereocenters. The van der Waals surface area contributed by atoms with Crippen LogP contribution >= 0.6 is 0 Å². The third kappa shape index (κ3) is 3.32. The van der Waals surface area contributed by atoms with E-state index in [0.717, 1.165) is 36.9 Å². The van der Waals surface area contributed by atoms with Gasteiger partial charge in [0.2, 0.25) is 11.8 Å². The lowest BCUT2D eigenvalue weighted by Crippen LogP contribution is -2.52. The molecule has 2 aliphatic heterocycles. The van der Waals surface area contributed by atoms with Gasteiger partial charge in [0, 0.05) is 43.3 Å². The lowest BCUT2D eigenvalue weighted by atomic mass is 9.88. The second-order valence-corrected chi connectivity index (χ2v) is 7.55. The average molecular weight is 355 g/mol. The number of carbonyl (C=O) groups excluding carboxylic acids is 3. The van der Waals surface area contributed by atoms with Crippen LogP contribution in [-0.4, -0.2) is 53.7 Å². The molecule has 2 heterocycles. The molecule has 0 radical (unpaired) electrons. The Morgan fingerprint density at radius 1 is 0.962 bits per heavy atom. The van der Waals surface area contributed by atoms with Gasteiger partial charge in [0.15, 0.2) is 0 Å². The van der Waals surface area contributed by atoms with Crippen LogP contribution in [0.3, 0.4) is 0 Å². The maximum Gasteiger partial charge on any atom is 0.253 e. The topological polar surface area (TPSA) is 69.7 Å². The molecule has 2 fully saturated rings. The maximum absolute atomic E-state index is 12.8. The van der Waals surface area contributed by atoms with Gasteiger partial charge in [0.25, 0.3) is 5.91 Å². The van der Waals surface area contributed by atoms with Gasteiger partial charge < -0.3 is 15.1 Å². The molecule has 3 aliphatic rings. The molecule has 1 aromatic carbocycles. The SMILES string of the molecule is O=C1Cc2cc(C(=O)N3CCN(C(=O)C4CCCCC4)CC3)ccc2N1. The molecule has 1 saturated heterocycles. The van der Waals surface area contributed by atoms with Crippen LogP contribution in [0.5, 0.6) is 0 Å². The van der Waals surface area contributed by atoms with Crippen LogP contribution in [0, 0.1) is 5.92 Å². The number of nitrogens with one attached hydrogen (secondary N) is 1. The minimum Gasteiger partial charge on any atom is -0.339 e. The van der Waals surface area contributed by atoms with Crippen LogP contribution < -0.4 is 5.32 Å². The lowest BCUT2D eigenvalue weighted by molar-refractivity contribution is -0.138. The number of amides is 3. The van der Waals surface area contributed by atoms with Crippen LogP contribution in [0.25, 0.3) is 0 Å². The van der Waals surface area contributed by atoms with E-state index in [1.165, 1.54) is 6.42 Å². The van der Waals surface area contributed by atoms with E-state index < -0.39 is 0 Å². The zero-order valence-corrected chi connectivity index (χ0v) is 15.0. The summed E-state index contributed by atoms with van der Waals surface area (Å²) in [6.45, 7) is 2.38. The summed E-state index contributed by atoms with van der Waals surface area (Å²) in [5.74, 6) is 0.419. The van der Waals surface area contributed by atoms with Gasteiger partial charge >= 0.3 is 0 Å². The first-order valence-electron chi connectivity index (χ1n) is 9.62. The zero-order valence-electron chi connectivity index (χ0n) is 15.0. The molecular formula is C20H25N3O3. The summed E-state index contributed by atoms with van der Waals surface area (Å²) in [6.07, 6.45) is 5.92. The first-order chi connectivity index (χ1) is 12.6. The van der Waals surface area contributed by atoms with E-state index in [9.17, 15) is 14.4 Å². The van der Waals surface area contributed by atoms with Crippen LogP contribution in [-0.2, 0) is 16.0 Å². The highest BCUT2D eigenvalue weighted by molar-refractivity contribution is 6.01. The first kappa shape index (κ1) is 17.1. The highest BCUT2D eigenvalue weighted by atomic mass is 16.2. The number of piperazine rings is 1. The van der Waals surface area contributed by atoms with Gasteiger partial charge in [-0.3, -0.25) is 14.4 Å². The van der Waals surface area contributed by atoms with Crippen molar-refractivity contribution in [2.24, 2.45) is 5.92 Å². The highest BCUT2D eigenvalue weighted by Gasteiger charge is 2.30. The Kier molecular flexibility index (Phi) is 4.66. The van der Waals surface area contributed by atoms with Crippen LogP contribution in [0.2, 0.25) is 0 Å². The Hall–Kier alpha value is -2.37. The summed E-state index contributed by atoms with van der Waals surface area (Å²) >= 11 is 0. The molecular weight excluding hydrogens is 330 g/mol. The molecule has 6 nitrogen and oxygen atoms in total. The molecule has 26 heavy (non-hydrogen) atoms. The van der Waals surface area contributed by atoms with Crippen molar-refractivity contribution in [2.45, 2.75) is 38.5 Å². The first-order valence-corrected chi connectivity index (χ1v) is 9.62. The molecule has 0 spiro atoms. The zero-order chi connectivity index (χ0) is 18.1. The number of fused-ring (bicyclic) bond motifs is 1. The molecule has 3 amide bonds. The monoisotopic (exact) mass is 355 g/mol. The third-order valence-electron chi connectivity index (χ3n) is 5.81. The Bertz CT molecular complexity index is 732. The summed E-state index contributed by atoms with van der Waals surface area (Å²) < 4.78 is 0. The van der Waals surface area contributed by atoms with Gasteiger partial charge in [0.05, 0.1) is 6.42 Å². The average Bonchev–Trinajstić information content (AvgIpc) is 3.07. The Balaban J connectivity index is 1.36. The second-order valence-electron chi connectivity index (χ2n) is 7.55. The summed E-state index contributed by atoms with van der Waals surface area (Å²) in [5, 5.41) is 2.78. The van der Waals surface area contributed by atoms with Crippen molar-refractivity contribution >= 4 is 23.4 Å². The number of anilines is 1. The van der Waals surface area contributed by atoms with Crippen LogP contribution in [0.4, 0.5) is 5.69 Å². The van der Waals surface area contributed by atoms with Crippen molar-refractivity contribution in [3.63, 3.8) is 0 Å². The van der Waals surface area contributed by atoms with Gasteiger partial charge in [-0.15, -0.1) is 0 Å². The van der Waals surface area contributed by atoms with Crippen molar-refractivity contribution in [1.29, 1.82) is 0 Å². The number of hydrogen-bond acceptors (Lipinski definition) is 3. The van der Waals surface area contributed by atoms with Crippen LogP contribution in [0.1, 0.15) is 48.0 Å². The molecule has 0 bridgehead atoms. The number of rotatable bonds is 2. The van der Waals surface area contributed by atoms with E-state index in [2.05, 4.69) is 5.32 Å². The molecule has 0 aromatic heterocycles. The predicted octanol–water partition coefficient (Wildman–Crippen LogP) is 2.05. The molecule has 1 saturated carbocycles. The molecule has 4 rings (SSSR count). The summed E-state index contributed by atoms with van der Waals surface area (Å²) in [7, 11) is 0. The standard InChI is InChI=1S/C20H25N3O3/c24-18-13-16-12-15(6-7-17(16)21-18)20(26)23-10-8-22(9-11-23)19(25)14-4-2-1-3-5-14/h6-7,12,14H,1-5,8-11,13H2,(H,21,24). The van der Waals surface area contributed by atoms with Gasteiger partial charge in [-0.1, -0.05) is 19.3 Å². The molecule has 1 N–H and O–H groups in total. The predicted molar refractivity (Wildman–Crippen MR) is 97.8 cm³/mol. The molecule has 1 aromatic rings. The van der Waals surface area contributed by atoms with Gasteiger partial charge in [-0.25, -0.2) is 0 Å². The van der Waals surface area contributed by atoms with Crippen molar-refractivity contribution < 1.29 is 14.4 Å². The summed E-state index contributed by atoms with van der Waals surface area (Å²) in [5.41, 5.74) is 2.30. The third-order valence-corrected chi connectivity index (χ3v) is 5.81. The number of carbonyl (C=O) groups is 3. The minimum absolute atomic E-state index is 0.0167. The smallest absolute Gasteiger partial charge is 0.253 e. The molecule has 6 heteroatoms. The number of nitrogens with zero attached hydrogens (tertiary/aromatic N) is 2. The Morgan fingerprint density at radius 2 is 1.65 bits per heavy atom. The van der Waals surface area contributed by atoms with Crippen molar-refractivity contribution in [3.05, 3.63) is 29.3 Å². The fraction of sp³-hybridized carbons (Fsp3) is 0.550. The normalized spacial score (nSPS) is 20.7. The van der Waals surface area contributed by atoms with Crippen LogP contribution in [0.15, 0.2) is 18.2 Å². The van der Waals surface area contributed by atoms with E-state index in [4.69, 9.17) is 0 Å². The fourth-order valence-corrected chi connectivity index (χ4v) is 4.28. The highest BCUT2D eigenvalue weighted by Crippen LogP contribution is 2.27. The number of benzene rings is 1. The van der Waals surface area contributed by atoms with Crippen molar-refractivity contribution in [3.8, 4) is 0 Å². The van der Waals surface area contributed by atoms with Crippen molar-refractivity contribution in [1.82, 2.24) is 9.80 Å². The lowest BCUT2D eigenvalue weighted by Gasteiger charge is -2.37. The number of hydrogen-bond donors (Lipinski definition) is 1. The maximum atomic E-state index is 12.8. The quantitative estimate of drug-likeness (QED) is 0.883. The van der Waals surface area contributed by atoms with E-state index in [-0.39, 0.29) is 23.6 Å². The van der Waals surface area contributed by atoms with Gasteiger partial charge in [-0.2, -0.15) is 0 Å². The largest absolute Gasteiger partial charge is 0.339 e. The van der Waals surface area contributed by atoms with E-state index in [0.29, 0.717) is 38.2 Å². The summed E-state index contributed by atoms with van der Waals surface area (Å²) in [6, 6.07) is 5.39. The molecule has 0 atom stereocenters. The van der Waals surface area contributed by atoms with Crippen molar-refractivity contribution in [2.75, 3.05) is 31.5 Å². The Labute approximate surface area is 153 Å². The van der Waals surface area contributed by atoms with E-state index in [1.807, 2.05) is 15.9 Å². The Morgan fingerprint density at radius 3 is 2.38 bits per heavy atom. The second kappa shape index (κ2) is 7.09. The van der Waals surface area contributed by atoms with Gasteiger partial charge in [-0.05, 0) is 36.6 Å². The minimum atomic E-state index is -0.0283. The van der Waals surface area contributed by atoms with E-state index in [1.54, 1.807) is 12.1 Å². The fourth-order valence-electron chi connectivity index (χ4n) is 4.28. The summed E-state index contributed by atoms with van der Waals surface area (Å²) in [4.78, 5) is 40.6. The molecule has 1 aliphatic carbocycles. The van der Waals surface area contributed by atoms with E-state index >= 15 is 0 Å². The van der Waals surface area contributed by atoms with Gasteiger partial charge in [0.1, 0.15) is 0 Å². The molecule has 138 valence electrons.